The molecule has 1 heterocycles. The van der Waals surface area contributed by atoms with Gasteiger partial charge in [-0.3, -0.25) is 0 Å². The van der Waals surface area contributed by atoms with Crippen molar-refractivity contribution >= 4 is 21.5 Å². The van der Waals surface area contributed by atoms with Crippen LogP contribution < -0.4 is 0 Å². The smallest absolute Gasteiger partial charge is 0.356 e. The molecule has 24 heavy (non-hydrogen) atoms. The first kappa shape index (κ1) is 18.3. The van der Waals surface area contributed by atoms with Gasteiger partial charge in [-0.05, 0) is 26.0 Å². The Hall–Kier alpha value is -2.03. The van der Waals surface area contributed by atoms with Gasteiger partial charge < -0.3 is 9.57 Å². The highest BCUT2D eigenvalue weighted by molar-refractivity contribution is 7.90. The van der Waals surface area contributed by atoms with Crippen molar-refractivity contribution in [3.63, 3.8) is 0 Å². The fourth-order valence-corrected chi connectivity index (χ4v) is 4.14. The highest BCUT2D eigenvalue weighted by Crippen LogP contribution is 2.24. The molecule has 2 atom stereocenters. The van der Waals surface area contributed by atoms with Crippen LogP contribution in [-0.4, -0.2) is 38.6 Å². The van der Waals surface area contributed by atoms with Crippen LogP contribution in [0.1, 0.15) is 19.4 Å². The van der Waals surface area contributed by atoms with Crippen molar-refractivity contribution in [1.82, 2.24) is 0 Å². The number of rotatable bonds is 6. The average Bonchev–Trinajstić information content (AvgIpc) is 2.84. The standard InChI is InChI=1S/C15H17F2NO5S/c1-3-22-15(19)14-10(9(2)23-18-14)7-24(20,21)8-11-12(16)5-4-6-13(11)17/h4-6,9-10H,3,7-8H2,1-2H3. The van der Waals surface area contributed by atoms with E-state index in [0.717, 1.165) is 18.2 Å². The van der Waals surface area contributed by atoms with Crippen molar-refractivity contribution in [3.8, 4) is 0 Å². The van der Waals surface area contributed by atoms with Crippen LogP contribution in [0.3, 0.4) is 0 Å². The van der Waals surface area contributed by atoms with E-state index in [1.807, 2.05) is 0 Å². The maximum atomic E-state index is 13.6. The van der Waals surface area contributed by atoms with Gasteiger partial charge in [-0.2, -0.15) is 0 Å². The molecule has 0 saturated heterocycles. The number of oxime groups is 1. The van der Waals surface area contributed by atoms with Crippen LogP contribution in [0.2, 0.25) is 0 Å². The molecule has 2 unspecified atom stereocenters. The molecule has 2 rings (SSSR count). The maximum Gasteiger partial charge on any atom is 0.356 e. The second-order valence-electron chi connectivity index (χ2n) is 5.37. The number of hydrogen-bond acceptors (Lipinski definition) is 6. The Morgan fingerprint density at radius 1 is 1.33 bits per heavy atom. The van der Waals surface area contributed by atoms with Gasteiger partial charge in [-0.25, -0.2) is 22.0 Å². The van der Waals surface area contributed by atoms with Gasteiger partial charge in [-0.1, -0.05) is 11.2 Å². The molecule has 0 aromatic heterocycles. The number of carbonyl (C=O) groups is 1. The first-order chi connectivity index (χ1) is 11.2. The Morgan fingerprint density at radius 3 is 2.54 bits per heavy atom. The van der Waals surface area contributed by atoms with Crippen molar-refractivity contribution in [2.75, 3.05) is 12.4 Å². The molecule has 0 aliphatic carbocycles. The van der Waals surface area contributed by atoms with Gasteiger partial charge >= 0.3 is 5.97 Å². The Labute approximate surface area is 138 Å². The Balaban J connectivity index is 2.19. The van der Waals surface area contributed by atoms with E-state index in [9.17, 15) is 22.0 Å². The van der Waals surface area contributed by atoms with E-state index in [2.05, 4.69) is 5.16 Å². The van der Waals surface area contributed by atoms with Crippen molar-refractivity contribution in [3.05, 3.63) is 35.4 Å². The fraction of sp³-hybridized carbons (Fsp3) is 0.467. The van der Waals surface area contributed by atoms with Crippen LogP contribution in [0.15, 0.2) is 23.4 Å². The molecule has 0 N–H and O–H groups in total. The molecule has 0 amide bonds. The predicted octanol–water partition coefficient (Wildman–Crippen LogP) is 1.83. The molecule has 1 aliphatic rings. The number of esters is 1. The van der Waals surface area contributed by atoms with Crippen molar-refractivity contribution in [1.29, 1.82) is 0 Å². The van der Waals surface area contributed by atoms with Crippen molar-refractivity contribution in [2.45, 2.75) is 25.7 Å². The topological polar surface area (TPSA) is 82.0 Å². The maximum absolute atomic E-state index is 13.6. The molecule has 6 nitrogen and oxygen atoms in total. The van der Waals surface area contributed by atoms with Crippen LogP contribution in [0, 0.1) is 17.6 Å². The van der Waals surface area contributed by atoms with Crippen LogP contribution in [0.5, 0.6) is 0 Å². The Bertz CT molecular complexity index is 743. The lowest BCUT2D eigenvalue weighted by Gasteiger charge is -2.15. The van der Waals surface area contributed by atoms with Crippen LogP contribution >= 0.6 is 0 Å². The molecule has 0 fully saturated rings. The second kappa shape index (κ2) is 7.25. The molecule has 0 saturated carbocycles. The van der Waals surface area contributed by atoms with Crippen molar-refractivity contribution in [2.24, 2.45) is 11.1 Å². The Morgan fingerprint density at radius 2 is 1.96 bits per heavy atom. The van der Waals surface area contributed by atoms with Gasteiger partial charge in [-0.15, -0.1) is 0 Å². The lowest BCUT2D eigenvalue weighted by Crippen LogP contribution is -2.34. The highest BCUT2D eigenvalue weighted by Gasteiger charge is 2.39. The van der Waals surface area contributed by atoms with E-state index in [1.54, 1.807) is 13.8 Å². The third kappa shape index (κ3) is 4.08. The van der Waals surface area contributed by atoms with E-state index >= 15 is 0 Å². The normalized spacial score (nSPS) is 20.4. The summed E-state index contributed by atoms with van der Waals surface area (Å²) in [6.07, 6.45) is -0.662. The van der Waals surface area contributed by atoms with Crippen LogP contribution in [0.4, 0.5) is 8.78 Å². The summed E-state index contributed by atoms with van der Waals surface area (Å²) >= 11 is 0. The molecule has 132 valence electrons. The monoisotopic (exact) mass is 361 g/mol. The van der Waals surface area contributed by atoms with Gasteiger partial charge in [0.2, 0.25) is 0 Å². The lowest BCUT2D eigenvalue weighted by atomic mass is 10.0. The van der Waals surface area contributed by atoms with Crippen LogP contribution in [-0.2, 0) is 30.0 Å². The van der Waals surface area contributed by atoms with E-state index in [1.165, 1.54) is 0 Å². The zero-order valence-electron chi connectivity index (χ0n) is 13.2. The molecule has 0 bridgehead atoms. The first-order valence-corrected chi connectivity index (χ1v) is 9.11. The van der Waals surface area contributed by atoms with Crippen LogP contribution in [0.25, 0.3) is 0 Å². The Kier molecular flexibility index (Phi) is 5.53. The minimum absolute atomic E-state index is 0.103. The molecule has 1 aromatic rings. The average molecular weight is 361 g/mol. The summed E-state index contributed by atoms with van der Waals surface area (Å²) in [6.45, 7) is 3.26. The largest absolute Gasteiger partial charge is 0.461 e. The highest BCUT2D eigenvalue weighted by atomic mass is 32.2. The van der Waals surface area contributed by atoms with Gasteiger partial charge in [0.25, 0.3) is 0 Å². The summed E-state index contributed by atoms with van der Waals surface area (Å²) in [5.74, 6) is -4.84. The van der Waals surface area contributed by atoms with E-state index in [-0.39, 0.29) is 12.3 Å². The zero-order chi connectivity index (χ0) is 17.9. The summed E-state index contributed by atoms with van der Waals surface area (Å²) in [7, 11) is -3.93. The minimum Gasteiger partial charge on any atom is -0.461 e. The number of carbonyl (C=O) groups excluding carboxylic acids is 1. The zero-order valence-corrected chi connectivity index (χ0v) is 14.0. The summed E-state index contributed by atoms with van der Waals surface area (Å²) in [5, 5.41) is 3.57. The van der Waals surface area contributed by atoms with Gasteiger partial charge in [0.15, 0.2) is 15.5 Å². The third-order valence-electron chi connectivity index (χ3n) is 3.58. The number of nitrogens with zero attached hydrogens (tertiary/aromatic N) is 1. The summed E-state index contributed by atoms with van der Waals surface area (Å²) in [4.78, 5) is 16.8. The lowest BCUT2D eigenvalue weighted by molar-refractivity contribution is -0.135. The quantitative estimate of drug-likeness (QED) is 0.722. The van der Waals surface area contributed by atoms with E-state index in [4.69, 9.17) is 9.57 Å². The SMILES string of the molecule is CCOC(=O)C1=NOC(C)C1CS(=O)(=O)Cc1c(F)cccc1F. The molecule has 9 heteroatoms. The molecule has 1 aliphatic heterocycles. The number of hydrogen-bond donors (Lipinski definition) is 0. The summed E-state index contributed by atoms with van der Waals surface area (Å²) in [5.41, 5.74) is -0.666. The van der Waals surface area contributed by atoms with Gasteiger partial charge in [0.1, 0.15) is 17.7 Å². The number of sulfone groups is 1. The van der Waals surface area contributed by atoms with E-state index < -0.39 is 56.5 Å². The number of ether oxygens (including phenoxy) is 1. The molecular weight excluding hydrogens is 344 g/mol. The number of benzene rings is 1. The molecule has 0 radical (unpaired) electrons. The minimum atomic E-state index is -3.93. The van der Waals surface area contributed by atoms with E-state index in [0.29, 0.717) is 0 Å². The first-order valence-electron chi connectivity index (χ1n) is 7.29. The third-order valence-corrected chi connectivity index (χ3v) is 5.17. The van der Waals surface area contributed by atoms with Gasteiger partial charge in [0, 0.05) is 5.56 Å². The van der Waals surface area contributed by atoms with Crippen molar-refractivity contribution < 1.29 is 31.6 Å². The molecule has 0 spiro atoms. The predicted molar refractivity (Wildman–Crippen MR) is 82.0 cm³/mol. The molecular formula is C15H17F2NO5S. The van der Waals surface area contributed by atoms with Gasteiger partial charge in [0.05, 0.1) is 24.0 Å². The summed E-state index contributed by atoms with van der Waals surface area (Å²) in [6, 6.07) is 3.13. The second-order valence-corrected chi connectivity index (χ2v) is 7.48. The summed E-state index contributed by atoms with van der Waals surface area (Å²) < 4.78 is 56.8. The number of halogens is 2. The molecule has 1 aromatic carbocycles. The fourth-order valence-electron chi connectivity index (χ4n) is 2.33.